The molecule has 2 heterocycles. The van der Waals surface area contributed by atoms with E-state index < -0.39 is 0 Å². The Labute approximate surface area is 126 Å². The van der Waals surface area contributed by atoms with Gasteiger partial charge in [-0.15, -0.1) is 0 Å². The quantitative estimate of drug-likeness (QED) is 0.925. The molecule has 0 bridgehead atoms. The Morgan fingerprint density at radius 1 is 1.14 bits per heavy atom. The summed E-state index contributed by atoms with van der Waals surface area (Å²) in [5.74, 6) is 1.45. The van der Waals surface area contributed by atoms with Crippen LogP contribution in [-0.2, 0) is 4.79 Å². The number of carbonyl (C=O) groups is 1. The first-order valence-corrected chi connectivity index (χ1v) is 8.04. The van der Waals surface area contributed by atoms with Crippen LogP contribution in [0.15, 0.2) is 30.3 Å². The zero-order valence-corrected chi connectivity index (χ0v) is 12.5. The molecule has 0 unspecified atom stereocenters. The van der Waals surface area contributed by atoms with E-state index in [1.54, 1.807) is 0 Å². The molecule has 1 atom stereocenters. The number of carbonyl (C=O) groups excluding carboxylic acids is 1. The molecule has 2 aliphatic heterocycles. The van der Waals surface area contributed by atoms with Gasteiger partial charge >= 0.3 is 0 Å². The van der Waals surface area contributed by atoms with E-state index in [1.165, 1.54) is 0 Å². The molecule has 4 heteroatoms. The molecule has 1 aromatic rings. The van der Waals surface area contributed by atoms with E-state index in [-0.39, 0.29) is 12.0 Å². The van der Waals surface area contributed by atoms with Crippen LogP contribution in [0.3, 0.4) is 0 Å². The van der Waals surface area contributed by atoms with Gasteiger partial charge < -0.3 is 15.0 Å². The van der Waals surface area contributed by atoms with Crippen LogP contribution >= 0.6 is 0 Å². The molecule has 1 amide bonds. The van der Waals surface area contributed by atoms with Crippen molar-refractivity contribution in [3.8, 4) is 5.75 Å². The van der Waals surface area contributed by atoms with Gasteiger partial charge in [0.1, 0.15) is 11.9 Å². The normalized spacial score (nSPS) is 23.8. The Morgan fingerprint density at radius 2 is 1.90 bits per heavy atom. The maximum absolute atomic E-state index is 12.5. The zero-order chi connectivity index (χ0) is 14.5. The standard InChI is InChI=1S/C17H24N2O2/c20-17(14-5-4-10-18-13-14)19-11-8-16(9-12-19)21-15-6-2-1-3-7-15/h1-3,6-7,14,16,18H,4-5,8-13H2/t14-/m1/s1. The van der Waals surface area contributed by atoms with Gasteiger partial charge in [-0.25, -0.2) is 0 Å². The summed E-state index contributed by atoms with van der Waals surface area (Å²) >= 11 is 0. The predicted molar refractivity (Wildman–Crippen MR) is 82.3 cm³/mol. The van der Waals surface area contributed by atoms with E-state index in [2.05, 4.69) is 5.32 Å². The molecule has 4 nitrogen and oxygen atoms in total. The number of hydrogen-bond donors (Lipinski definition) is 1. The number of likely N-dealkylation sites (tertiary alicyclic amines) is 1. The average Bonchev–Trinajstić information content (AvgIpc) is 2.57. The van der Waals surface area contributed by atoms with Crippen molar-refractivity contribution in [3.05, 3.63) is 30.3 Å². The molecule has 0 aromatic heterocycles. The fourth-order valence-corrected chi connectivity index (χ4v) is 3.21. The summed E-state index contributed by atoms with van der Waals surface area (Å²) in [6, 6.07) is 9.96. The Morgan fingerprint density at radius 3 is 2.57 bits per heavy atom. The predicted octanol–water partition coefficient (Wildman–Crippen LogP) is 2.06. The number of amides is 1. The summed E-state index contributed by atoms with van der Waals surface area (Å²) in [5, 5.41) is 3.32. The molecule has 2 aliphatic rings. The van der Waals surface area contributed by atoms with Gasteiger partial charge in [0.25, 0.3) is 0 Å². The lowest BCUT2D eigenvalue weighted by Gasteiger charge is -2.35. The van der Waals surface area contributed by atoms with Crippen LogP contribution in [0.25, 0.3) is 0 Å². The Kier molecular flexibility index (Phi) is 4.76. The molecule has 0 spiro atoms. The van der Waals surface area contributed by atoms with E-state index in [0.717, 1.165) is 57.6 Å². The lowest BCUT2D eigenvalue weighted by atomic mass is 9.96. The van der Waals surface area contributed by atoms with Crippen molar-refractivity contribution in [2.45, 2.75) is 31.8 Å². The SMILES string of the molecule is O=C([C@@H]1CCCNC1)N1CCC(Oc2ccccc2)CC1. The van der Waals surface area contributed by atoms with Crippen LogP contribution in [0.4, 0.5) is 0 Å². The lowest BCUT2D eigenvalue weighted by Crippen LogP contribution is -2.47. The van der Waals surface area contributed by atoms with Gasteiger partial charge in [0.05, 0.1) is 5.92 Å². The minimum absolute atomic E-state index is 0.186. The summed E-state index contributed by atoms with van der Waals surface area (Å²) in [7, 11) is 0. The van der Waals surface area contributed by atoms with Crippen molar-refractivity contribution in [1.29, 1.82) is 0 Å². The molecule has 1 aromatic carbocycles. The Balaban J connectivity index is 1.47. The maximum atomic E-state index is 12.5. The second-order valence-corrected chi connectivity index (χ2v) is 6.00. The number of nitrogens with one attached hydrogen (secondary N) is 1. The molecule has 0 aliphatic carbocycles. The highest BCUT2D eigenvalue weighted by molar-refractivity contribution is 5.79. The molecule has 2 fully saturated rings. The number of benzene rings is 1. The molecule has 21 heavy (non-hydrogen) atoms. The molecular formula is C17H24N2O2. The van der Waals surface area contributed by atoms with Gasteiger partial charge in [0.15, 0.2) is 0 Å². The van der Waals surface area contributed by atoms with Crippen molar-refractivity contribution in [1.82, 2.24) is 10.2 Å². The molecule has 0 radical (unpaired) electrons. The largest absolute Gasteiger partial charge is 0.490 e. The van der Waals surface area contributed by atoms with Crippen LogP contribution in [0.5, 0.6) is 5.75 Å². The third-order valence-corrected chi connectivity index (χ3v) is 4.45. The molecule has 3 rings (SSSR count). The Bertz CT molecular complexity index is 449. The van der Waals surface area contributed by atoms with E-state index in [9.17, 15) is 4.79 Å². The summed E-state index contributed by atoms with van der Waals surface area (Å²) in [4.78, 5) is 14.5. The highest BCUT2D eigenvalue weighted by Gasteiger charge is 2.29. The topological polar surface area (TPSA) is 41.6 Å². The minimum Gasteiger partial charge on any atom is -0.490 e. The highest BCUT2D eigenvalue weighted by atomic mass is 16.5. The number of rotatable bonds is 3. The van der Waals surface area contributed by atoms with Gasteiger partial charge in [-0.1, -0.05) is 18.2 Å². The van der Waals surface area contributed by atoms with E-state index in [1.807, 2.05) is 35.2 Å². The third-order valence-electron chi connectivity index (χ3n) is 4.45. The monoisotopic (exact) mass is 288 g/mol. The van der Waals surface area contributed by atoms with E-state index in [4.69, 9.17) is 4.74 Å². The van der Waals surface area contributed by atoms with Crippen molar-refractivity contribution < 1.29 is 9.53 Å². The van der Waals surface area contributed by atoms with Crippen molar-refractivity contribution in [2.24, 2.45) is 5.92 Å². The van der Waals surface area contributed by atoms with Crippen LogP contribution in [0.1, 0.15) is 25.7 Å². The minimum atomic E-state index is 0.186. The fourth-order valence-electron chi connectivity index (χ4n) is 3.21. The molecule has 0 saturated carbocycles. The first-order chi connectivity index (χ1) is 10.3. The van der Waals surface area contributed by atoms with Crippen molar-refractivity contribution >= 4 is 5.91 Å². The van der Waals surface area contributed by atoms with Gasteiger partial charge in [-0.3, -0.25) is 4.79 Å². The number of piperidine rings is 2. The van der Waals surface area contributed by atoms with E-state index in [0.29, 0.717) is 5.91 Å². The van der Waals surface area contributed by atoms with Crippen molar-refractivity contribution in [2.75, 3.05) is 26.2 Å². The number of ether oxygens (including phenoxy) is 1. The summed E-state index contributed by atoms with van der Waals surface area (Å²) in [6.07, 6.45) is 4.25. The van der Waals surface area contributed by atoms with Crippen LogP contribution in [-0.4, -0.2) is 43.1 Å². The zero-order valence-electron chi connectivity index (χ0n) is 12.5. The number of hydrogen-bond acceptors (Lipinski definition) is 3. The molecular weight excluding hydrogens is 264 g/mol. The van der Waals surface area contributed by atoms with Gasteiger partial charge in [-0.05, 0) is 31.5 Å². The van der Waals surface area contributed by atoms with Gasteiger partial charge in [0.2, 0.25) is 5.91 Å². The number of para-hydroxylation sites is 1. The van der Waals surface area contributed by atoms with Crippen LogP contribution in [0, 0.1) is 5.92 Å². The fraction of sp³-hybridized carbons (Fsp3) is 0.588. The summed E-state index contributed by atoms with van der Waals surface area (Å²) in [6.45, 7) is 3.55. The summed E-state index contributed by atoms with van der Waals surface area (Å²) in [5.41, 5.74) is 0. The second-order valence-electron chi connectivity index (χ2n) is 6.00. The molecule has 1 N–H and O–H groups in total. The second kappa shape index (κ2) is 6.94. The summed E-state index contributed by atoms with van der Waals surface area (Å²) < 4.78 is 5.98. The van der Waals surface area contributed by atoms with Crippen LogP contribution in [0.2, 0.25) is 0 Å². The molecule has 2 saturated heterocycles. The first kappa shape index (κ1) is 14.4. The smallest absolute Gasteiger partial charge is 0.226 e. The van der Waals surface area contributed by atoms with Gasteiger partial charge in [0, 0.05) is 32.5 Å². The number of nitrogens with zero attached hydrogens (tertiary/aromatic N) is 1. The van der Waals surface area contributed by atoms with Crippen molar-refractivity contribution in [3.63, 3.8) is 0 Å². The van der Waals surface area contributed by atoms with E-state index >= 15 is 0 Å². The third kappa shape index (κ3) is 3.76. The maximum Gasteiger partial charge on any atom is 0.226 e. The highest BCUT2D eigenvalue weighted by Crippen LogP contribution is 2.21. The Hall–Kier alpha value is -1.55. The van der Waals surface area contributed by atoms with Crippen LogP contribution < -0.4 is 10.1 Å². The molecule has 114 valence electrons. The average molecular weight is 288 g/mol. The lowest BCUT2D eigenvalue weighted by molar-refractivity contribution is -0.137. The first-order valence-electron chi connectivity index (χ1n) is 8.04. The van der Waals surface area contributed by atoms with Gasteiger partial charge in [-0.2, -0.15) is 0 Å².